The number of hydrogen-bond donors (Lipinski definition) is 1. The Labute approximate surface area is 113 Å². The highest BCUT2D eigenvalue weighted by Gasteiger charge is 2.29. The Morgan fingerprint density at radius 2 is 2.17 bits per heavy atom. The summed E-state index contributed by atoms with van der Waals surface area (Å²) >= 11 is 5.87. The largest absolute Gasteiger partial charge is 0.398 e. The zero-order valence-electron chi connectivity index (χ0n) is 10.9. The van der Waals surface area contributed by atoms with Gasteiger partial charge in [-0.3, -0.25) is 4.79 Å². The Morgan fingerprint density at radius 3 is 2.78 bits per heavy atom. The van der Waals surface area contributed by atoms with E-state index < -0.39 is 0 Å². The summed E-state index contributed by atoms with van der Waals surface area (Å²) in [4.78, 5) is 14.3. The number of piperidine rings is 1. The van der Waals surface area contributed by atoms with Gasteiger partial charge in [-0.25, -0.2) is 0 Å². The minimum Gasteiger partial charge on any atom is -0.398 e. The summed E-state index contributed by atoms with van der Waals surface area (Å²) in [6.45, 7) is 6.02. The van der Waals surface area contributed by atoms with E-state index >= 15 is 0 Å². The van der Waals surface area contributed by atoms with Gasteiger partial charge in [-0.2, -0.15) is 0 Å². The van der Waals surface area contributed by atoms with Gasteiger partial charge in [-0.05, 0) is 36.5 Å². The second-order valence-corrected chi connectivity index (χ2v) is 6.14. The normalized spacial score (nSPS) is 18.7. The Balaban J connectivity index is 2.18. The van der Waals surface area contributed by atoms with Crippen LogP contribution in [0.15, 0.2) is 18.2 Å². The molecule has 1 heterocycles. The molecule has 0 aliphatic carbocycles. The molecule has 4 heteroatoms. The number of carbonyl (C=O) groups is 1. The number of nitrogen functional groups attached to an aromatic ring is 1. The number of nitrogens with zero attached hydrogens (tertiary/aromatic N) is 1. The maximum atomic E-state index is 12.4. The van der Waals surface area contributed by atoms with Crippen molar-refractivity contribution in [3.8, 4) is 0 Å². The summed E-state index contributed by atoms with van der Waals surface area (Å²) in [5.41, 5.74) is 7.02. The van der Waals surface area contributed by atoms with E-state index in [2.05, 4.69) is 13.8 Å². The van der Waals surface area contributed by atoms with Gasteiger partial charge >= 0.3 is 0 Å². The lowest BCUT2D eigenvalue weighted by Crippen LogP contribution is -2.43. The van der Waals surface area contributed by atoms with Crippen LogP contribution in [0.4, 0.5) is 5.69 Å². The van der Waals surface area contributed by atoms with Gasteiger partial charge in [-0.1, -0.05) is 25.4 Å². The van der Waals surface area contributed by atoms with Gasteiger partial charge in [-0.15, -0.1) is 0 Å². The summed E-state index contributed by atoms with van der Waals surface area (Å²) in [5.74, 6) is 0.0474. The van der Waals surface area contributed by atoms with E-state index in [9.17, 15) is 4.79 Å². The van der Waals surface area contributed by atoms with Crippen LogP contribution < -0.4 is 5.73 Å². The van der Waals surface area contributed by atoms with Crippen LogP contribution >= 0.6 is 11.6 Å². The number of likely N-dealkylation sites (tertiary alicyclic amines) is 1. The number of nitrogens with two attached hydrogens (primary N) is 1. The molecule has 0 radical (unpaired) electrons. The van der Waals surface area contributed by atoms with E-state index in [-0.39, 0.29) is 11.3 Å². The first-order chi connectivity index (χ1) is 8.39. The second-order valence-electron chi connectivity index (χ2n) is 5.73. The number of anilines is 1. The summed E-state index contributed by atoms with van der Waals surface area (Å²) in [7, 11) is 0. The van der Waals surface area contributed by atoms with E-state index in [0.717, 1.165) is 19.5 Å². The monoisotopic (exact) mass is 266 g/mol. The molecule has 1 saturated heterocycles. The van der Waals surface area contributed by atoms with Crippen LogP contribution in [0.25, 0.3) is 0 Å². The van der Waals surface area contributed by atoms with Crippen LogP contribution in [-0.2, 0) is 0 Å². The first-order valence-corrected chi connectivity index (χ1v) is 6.61. The summed E-state index contributed by atoms with van der Waals surface area (Å²) in [5, 5.41) is 0.491. The van der Waals surface area contributed by atoms with Crippen LogP contribution in [0.2, 0.25) is 5.02 Å². The van der Waals surface area contributed by atoms with E-state index in [0.29, 0.717) is 16.3 Å². The van der Waals surface area contributed by atoms with Crippen molar-refractivity contribution in [3.05, 3.63) is 28.8 Å². The number of rotatable bonds is 1. The van der Waals surface area contributed by atoms with Crippen molar-refractivity contribution in [2.45, 2.75) is 26.7 Å². The number of carbonyl (C=O) groups excluding carboxylic acids is 1. The highest BCUT2D eigenvalue weighted by atomic mass is 35.5. The van der Waals surface area contributed by atoms with Crippen LogP contribution in [0, 0.1) is 5.41 Å². The molecular formula is C14H19ClN2O. The molecule has 0 saturated carbocycles. The number of amides is 1. The molecule has 3 nitrogen and oxygen atoms in total. The average Bonchev–Trinajstić information content (AvgIpc) is 2.30. The van der Waals surface area contributed by atoms with Crippen LogP contribution in [0.1, 0.15) is 37.0 Å². The Bertz CT molecular complexity index is 471. The molecule has 0 atom stereocenters. The third-order valence-corrected chi connectivity index (χ3v) is 3.77. The molecule has 1 aliphatic rings. The van der Waals surface area contributed by atoms with E-state index in [4.69, 9.17) is 17.3 Å². The molecule has 1 aromatic rings. The van der Waals surface area contributed by atoms with Crippen molar-refractivity contribution >= 4 is 23.2 Å². The Morgan fingerprint density at radius 1 is 1.44 bits per heavy atom. The third-order valence-electron chi connectivity index (χ3n) is 3.43. The third kappa shape index (κ3) is 2.78. The molecule has 1 amide bonds. The molecule has 1 aliphatic heterocycles. The van der Waals surface area contributed by atoms with E-state index in [1.807, 2.05) is 4.90 Å². The first-order valence-electron chi connectivity index (χ1n) is 6.23. The van der Waals surface area contributed by atoms with Crippen LogP contribution in [0.3, 0.4) is 0 Å². The lowest BCUT2D eigenvalue weighted by atomic mass is 9.84. The van der Waals surface area contributed by atoms with Gasteiger partial charge in [0.2, 0.25) is 0 Å². The molecule has 1 fully saturated rings. The van der Waals surface area contributed by atoms with E-state index in [1.165, 1.54) is 6.42 Å². The Hall–Kier alpha value is -1.22. The maximum Gasteiger partial charge on any atom is 0.253 e. The van der Waals surface area contributed by atoms with Crippen molar-refractivity contribution in [3.63, 3.8) is 0 Å². The lowest BCUT2D eigenvalue weighted by Gasteiger charge is -2.38. The van der Waals surface area contributed by atoms with Crippen LogP contribution in [-0.4, -0.2) is 23.9 Å². The SMILES string of the molecule is CC1(C)CCCN(C(=O)c2ccc(Cl)c(N)c2)C1. The zero-order chi connectivity index (χ0) is 13.3. The van der Waals surface area contributed by atoms with Gasteiger partial charge in [0.25, 0.3) is 5.91 Å². The number of benzene rings is 1. The maximum absolute atomic E-state index is 12.4. The summed E-state index contributed by atoms with van der Waals surface area (Å²) < 4.78 is 0. The number of hydrogen-bond acceptors (Lipinski definition) is 2. The fraction of sp³-hybridized carbons (Fsp3) is 0.500. The first kappa shape index (κ1) is 13.2. The van der Waals surface area contributed by atoms with Crippen molar-refractivity contribution in [1.82, 2.24) is 4.90 Å². The standard InChI is InChI=1S/C14H19ClN2O/c1-14(2)6-3-7-17(9-14)13(18)10-4-5-11(15)12(16)8-10/h4-5,8H,3,6-7,9,16H2,1-2H3. The molecule has 1 aromatic carbocycles. The van der Waals surface area contributed by atoms with Gasteiger partial charge in [0.05, 0.1) is 10.7 Å². The quantitative estimate of drug-likeness (QED) is 0.794. The highest BCUT2D eigenvalue weighted by Crippen LogP contribution is 2.29. The average molecular weight is 267 g/mol. The molecule has 98 valence electrons. The molecule has 2 rings (SSSR count). The number of halogens is 1. The minimum absolute atomic E-state index is 0.0474. The van der Waals surface area contributed by atoms with Crippen molar-refractivity contribution in [2.75, 3.05) is 18.8 Å². The summed E-state index contributed by atoms with van der Waals surface area (Å²) in [6.07, 6.45) is 2.22. The molecule has 18 heavy (non-hydrogen) atoms. The summed E-state index contributed by atoms with van der Waals surface area (Å²) in [6, 6.07) is 5.08. The fourth-order valence-electron chi connectivity index (χ4n) is 2.46. The fourth-order valence-corrected chi connectivity index (χ4v) is 2.57. The van der Waals surface area contributed by atoms with Gasteiger partial charge in [0.1, 0.15) is 0 Å². The van der Waals surface area contributed by atoms with Crippen molar-refractivity contribution in [2.24, 2.45) is 5.41 Å². The van der Waals surface area contributed by atoms with Crippen molar-refractivity contribution in [1.29, 1.82) is 0 Å². The topological polar surface area (TPSA) is 46.3 Å². The molecule has 0 aromatic heterocycles. The second kappa shape index (κ2) is 4.81. The predicted octanol–water partition coefficient (Wildman–Crippen LogP) is 3.18. The van der Waals surface area contributed by atoms with Gasteiger partial charge in [0, 0.05) is 18.7 Å². The molecule has 0 spiro atoms. The van der Waals surface area contributed by atoms with E-state index in [1.54, 1.807) is 18.2 Å². The van der Waals surface area contributed by atoms with Gasteiger partial charge in [0.15, 0.2) is 0 Å². The minimum atomic E-state index is 0.0474. The van der Waals surface area contributed by atoms with Crippen molar-refractivity contribution < 1.29 is 4.79 Å². The zero-order valence-corrected chi connectivity index (χ0v) is 11.6. The molecular weight excluding hydrogens is 248 g/mol. The lowest BCUT2D eigenvalue weighted by molar-refractivity contribution is 0.0583. The molecule has 2 N–H and O–H groups in total. The van der Waals surface area contributed by atoms with Gasteiger partial charge < -0.3 is 10.6 Å². The predicted molar refractivity (Wildman–Crippen MR) is 74.8 cm³/mol. The highest BCUT2D eigenvalue weighted by molar-refractivity contribution is 6.33. The smallest absolute Gasteiger partial charge is 0.253 e. The molecule has 0 bridgehead atoms. The Kier molecular flexibility index (Phi) is 3.53. The molecule has 0 unspecified atom stereocenters. The van der Waals surface area contributed by atoms with Crippen LogP contribution in [0.5, 0.6) is 0 Å².